The normalized spacial score (nSPS) is 11.3. The third-order valence-electron chi connectivity index (χ3n) is 4.25. The highest BCUT2D eigenvalue weighted by molar-refractivity contribution is 6.31. The lowest BCUT2D eigenvalue weighted by Crippen LogP contribution is -3.00. The predicted molar refractivity (Wildman–Crippen MR) is 107 cm³/mol. The average Bonchev–Trinajstić information content (AvgIpc) is 3.12. The first-order valence-corrected chi connectivity index (χ1v) is 8.82. The van der Waals surface area contributed by atoms with Crippen LogP contribution >= 0.6 is 11.6 Å². The van der Waals surface area contributed by atoms with E-state index in [1.807, 2.05) is 84.4 Å². The van der Waals surface area contributed by atoms with E-state index in [2.05, 4.69) is 20.5 Å². The summed E-state index contributed by atoms with van der Waals surface area (Å²) in [5, 5.41) is 6.13. The maximum Gasteiger partial charge on any atom is 0.250 e. The molecule has 8 heteroatoms. The van der Waals surface area contributed by atoms with Gasteiger partial charge < -0.3 is 24.0 Å². The van der Waals surface area contributed by atoms with Crippen molar-refractivity contribution in [1.29, 1.82) is 0 Å². The van der Waals surface area contributed by atoms with E-state index < -0.39 is 0 Å². The molecule has 0 unspecified atom stereocenters. The second kappa shape index (κ2) is 8.66. The molecule has 0 fully saturated rings. The third-order valence-corrected chi connectivity index (χ3v) is 4.48. The number of imidazole rings is 1. The van der Waals surface area contributed by atoms with E-state index in [0.717, 1.165) is 33.7 Å². The summed E-state index contributed by atoms with van der Waals surface area (Å²) in [5.74, 6) is 0.858. The molecular weight excluding hydrogens is 487 g/mol. The Balaban J connectivity index is 0.00000225. The van der Waals surface area contributed by atoms with Crippen LogP contribution in [-0.4, -0.2) is 20.2 Å². The minimum Gasteiger partial charge on any atom is -1.00 e. The molecule has 0 saturated carbocycles. The number of pyridine rings is 2. The fourth-order valence-electron chi connectivity index (χ4n) is 2.77. The Bertz CT molecular complexity index is 1140. The molecule has 4 aromatic rings. The summed E-state index contributed by atoms with van der Waals surface area (Å²) in [6.45, 7) is 1.94. The Labute approximate surface area is 184 Å². The first kappa shape index (κ1) is 20.2. The van der Waals surface area contributed by atoms with Crippen molar-refractivity contribution in [3.05, 3.63) is 78.1 Å². The van der Waals surface area contributed by atoms with Crippen molar-refractivity contribution in [1.82, 2.24) is 14.5 Å². The van der Waals surface area contributed by atoms with E-state index in [1.165, 1.54) is 0 Å². The van der Waals surface area contributed by atoms with Crippen LogP contribution in [0.4, 0.5) is 5.69 Å². The Morgan fingerprint density at radius 3 is 2.75 bits per heavy atom. The van der Waals surface area contributed by atoms with E-state index >= 15 is 0 Å². The number of rotatable bonds is 4. The fourth-order valence-corrected chi connectivity index (χ4v) is 2.93. The van der Waals surface area contributed by atoms with Gasteiger partial charge in [0.15, 0.2) is 0 Å². The van der Waals surface area contributed by atoms with Gasteiger partial charge in [0, 0.05) is 34.4 Å². The van der Waals surface area contributed by atoms with Crippen LogP contribution in [0.15, 0.2) is 72.6 Å². The number of hydrogen-bond acceptors (Lipinski definition) is 4. The quantitative estimate of drug-likeness (QED) is 0.193. The standard InChI is InChI=1S/C20H18ClN6.HI/c1-14(15-3-6-20(23-12-15)27-10-9-26(2)13-27)24-25-18-7-8-22-19-11-16(21)4-5-17(18)19;/h3-13H,1-2H3,(H,22,25);1H/q+1;/p-1. The Morgan fingerprint density at radius 2 is 2.04 bits per heavy atom. The number of nitrogens with zero attached hydrogens (tertiary/aromatic N) is 5. The van der Waals surface area contributed by atoms with Crippen molar-refractivity contribution >= 4 is 33.9 Å². The second-order valence-corrected chi connectivity index (χ2v) is 6.66. The summed E-state index contributed by atoms with van der Waals surface area (Å²) in [6, 6.07) is 11.5. The van der Waals surface area contributed by atoms with Gasteiger partial charge in [0.25, 0.3) is 0 Å². The summed E-state index contributed by atoms with van der Waals surface area (Å²) in [7, 11) is 1.98. The number of hydrogen-bond donors (Lipinski definition) is 1. The Morgan fingerprint density at radius 1 is 1.18 bits per heavy atom. The van der Waals surface area contributed by atoms with Crippen molar-refractivity contribution in [2.45, 2.75) is 6.92 Å². The summed E-state index contributed by atoms with van der Waals surface area (Å²) in [5.41, 5.74) is 6.61. The van der Waals surface area contributed by atoms with E-state index in [0.29, 0.717) is 5.02 Å². The largest absolute Gasteiger partial charge is 1.00 e. The zero-order valence-corrected chi connectivity index (χ0v) is 18.3. The first-order valence-electron chi connectivity index (χ1n) is 8.45. The highest BCUT2D eigenvalue weighted by Crippen LogP contribution is 2.24. The van der Waals surface area contributed by atoms with Crippen LogP contribution in [0.1, 0.15) is 12.5 Å². The van der Waals surface area contributed by atoms with Crippen LogP contribution in [0.2, 0.25) is 5.02 Å². The van der Waals surface area contributed by atoms with Crippen LogP contribution < -0.4 is 34.0 Å². The lowest BCUT2D eigenvalue weighted by molar-refractivity contribution is -0.670. The molecule has 142 valence electrons. The molecule has 28 heavy (non-hydrogen) atoms. The molecule has 0 aliphatic carbocycles. The molecule has 1 aromatic carbocycles. The number of nitrogens with one attached hydrogen (secondary N) is 1. The van der Waals surface area contributed by atoms with Crippen LogP contribution in [0.3, 0.4) is 0 Å². The summed E-state index contributed by atoms with van der Waals surface area (Å²) in [4.78, 5) is 8.86. The second-order valence-electron chi connectivity index (χ2n) is 6.22. The SMILES string of the molecule is CC(=NNc1ccnc2cc(Cl)ccc12)c1ccc(-n2cc[n+](C)c2)nc1.[I-]. The zero-order valence-electron chi connectivity index (χ0n) is 15.3. The summed E-state index contributed by atoms with van der Waals surface area (Å²) >= 11 is 6.04. The molecule has 3 heterocycles. The van der Waals surface area contributed by atoms with Crippen molar-refractivity contribution in [3.8, 4) is 5.82 Å². The third kappa shape index (κ3) is 4.31. The number of hydrazone groups is 1. The number of aryl methyl sites for hydroxylation is 1. The van der Waals surface area contributed by atoms with E-state index in [9.17, 15) is 0 Å². The monoisotopic (exact) mass is 504 g/mol. The van der Waals surface area contributed by atoms with E-state index in [-0.39, 0.29) is 24.0 Å². The molecule has 0 aliphatic rings. The van der Waals surface area contributed by atoms with Crippen LogP contribution in [0.5, 0.6) is 0 Å². The molecule has 0 saturated heterocycles. The Kier molecular flexibility index (Phi) is 6.25. The Hall–Kier alpha value is -2.52. The van der Waals surface area contributed by atoms with Crippen molar-refractivity contribution < 1.29 is 28.5 Å². The fraction of sp³-hybridized carbons (Fsp3) is 0.100. The molecule has 0 bridgehead atoms. The zero-order chi connectivity index (χ0) is 18.8. The predicted octanol–water partition coefficient (Wildman–Crippen LogP) is 0.739. The van der Waals surface area contributed by atoms with Gasteiger partial charge >= 0.3 is 0 Å². The van der Waals surface area contributed by atoms with Gasteiger partial charge in [-0.1, -0.05) is 11.6 Å². The van der Waals surface area contributed by atoms with Crippen LogP contribution in [0.25, 0.3) is 16.7 Å². The lowest BCUT2D eigenvalue weighted by atomic mass is 10.2. The molecular formula is C20H18ClIN6. The molecule has 4 rings (SSSR count). The molecule has 1 N–H and O–H groups in total. The molecule has 0 aliphatic heterocycles. The number of halogens is 2. The van der Waals surface area contributed by atoms with Gasteiger partial charge in [0.1, 0.15) is 12.4 Å². The smallest absolute Gasteiger partial charge is 0.250 e. The number of benzene rings is 1. The molecule has 0 atom stereocenters. The van der Waals surface area contributed by atoms with Gasteiger partial charge in [-0.3, -0.25) is 10.4 Å². The minimum atomic E-state index is 0. The van der Waals surface area contributed by atoms with E-state index in [1.54, 1.807) is 6.20 Å². The van der Waals surface area contributed by atoms with Crippen molar-refractivity contribution in [2.24, 2.45) is 12.1 Å². The summed E-state index contributed by atoms with van der Waals surface area (Å²) in [6.07, 6.45) is 9.45. The topological polar surface area (TPSA) is 59.0 Å². The van der Waals surface area contributed by atoms with Crippen LogP contribution in [0, 0.1) is 0 Å². The molecule has 0 amide bonds. The van der Waals surface area contributed by atoms with Crippen LogP contribution in [-0.2, 0) is 7.05 Å². The van der Waals surface area contributed by atoms with Gasteiger partial charge in [-0.2, -0.15) is 9.67 Å². The molecule has 6 nitrogen and oxygen atoms in total. The molecule has 0 radical (unpaired) electrons. The lowest BCUT2D eigenvalue weighted by Gasteiger charge is -2.07. The highest BCUT2D eigenvalue weighted by Gasteiger charge is 2.07. The van der Waals surface area contributed by atoms with Gasteiger partial charge in [0.05, 0.1) is 24.0 Å². The molecule has 0 spiro atoms. The number of aromatic nitrogens is 4. The highest BCUT2D eigenvalue weighted by atomic mass is 127. The molecule has 3 aromatic heterocycles. The van der Waals surface area contributed by atoms with Gasteiger partial charge in [-0.25, -0.2) is 9.55 Å². The van der Waals surface area contributed by atoms with Crippen molar-refractivity contribution in [3.63, 3.8) is 0 Å². The van der Waals surface area contributed by atoms with Crippen molar-refractivity contribution in [2.75, 3.05) is 5.43 Å². The van der Waals surface area contributed by atoms with Gasteiger partial charge in [-0.05, 0) is 37.3 Å². The van der Waals surface area contributed by atoms with Gasteiger partial charge in [-0.15, -0.1) is 0 Å². The number of anilines is 1. The van der Waals surface area contributed by atoms with Gasteiger partial charge in [0.2, 0.25) is 12.1 Å². The number of fused-ring (bicyclic) bond motifs is 1. The maximum absolute atomic E-state index is 6.04. The van der Waals surface area contributed by atoms with E-state index in [4.69, 9.17) is 11.6 Å². The maximum atomic E-state index is 6.04. The average molecular weight is 505 g/mol. The summed E-state index contributed by atoms with van der Waals surface area (Å²) < 4.78 is 3.93. The minimum absolute atomic E-state index is 0. The first-order chi connectivity index (χ1) is 13.1.